The van der Waals surface area contributed by atoms with E-state index in [0.29, 0.717) is 11.2 Å². The molecular weight excluding hydrogens is 236 g/mol. The van der Waals surface area contributed by atoms with Crippen molar-refractivity contribution in [2.45, 2.75) is 52.9 Å². The molecule has 19 heavy (non-hydrogen) atoms. The lowest BCUT2D eigenvalue weighted by Gasteiger charge is -2.39. The van der Waals surface area contributed by atoms with Gasteiger partial charge in [-0.2, -0.15) is 0 Å². The third-order valence-corrected chi connectivity index (χ3v) is 3.63. The maximum Gasteiger partial charge on any atom is 0.138 e. The van der Waals surface area contributed by atoms with Gasteiger partial charge in [-0.05, 0) is 18.3 Å². The average molecular weight is 262 g/mol. The van der Waals surface area contributed by atoms with Gasteiger partial charge in [-0.25, -0.2) is 9.97 Å². The second-order valence-electron chi connectivity index (χ2n) is 7.41. The molecule has 0 atom stereocenters. The zero-order valence-corrected chi connectivity index (χ0v) is 12.8. The van der Waals surface area contributed by atoms with Crippen LogP contribution in [0.3, 0.4) is 0 Å². The molecule has 2 N–H and O–H groups in total. The molecule has 1 aliphatic rings. The van der Waals surface area contributed by atoms with Crippen LogP contribution < -0.4 is 10.6 Å². The summed E-state index contributed by atoms with van der Waals surface area (Å²) in [5, 5.41) is 0. The minimum Gasteiger partial charge on any atom is -0.384 e. The Bertz CT molecular complexity index is 460. The Morgan fingerprint density at radius 2 is 1.95 bits per heavy atom. The van der Waals surface area contributed by atoms with E-state index < -0.39 is 0 Å². The number of anilines is 2. The standard InChI is InChI=1S/C15H26N4/c1-14(2,3)13-17-11(16)9-12(18-13)19-8-6-7-15(4,5)10-19/h9H,6-8,10H2,1-5H3,(H2,16,17,18). The van der Waals surface area contributed by atoms with E-state index in [1.807, 2.05) is 6.07 Å². The van der Waals surface area contributed by atoms with Crippen LogP contribution in [0, 0.1) is 5.41 Å². The molecule has 4 nitrogen and oxygen atoms in total. The van der Waals surface area contributed by atoms with Crippen molar-refractivity contribution in [3.05, 3.63) is 11.9 Å². The summed E-state index contributed by atoms with van der Waals surface area (Å²) in [5.74, 6) is 2.37. The fourth-order valence-electron chi connectivity index (χ4n) is 2.57. The van der Waals surface area contributed by atoms with E-state index in [2.05, 4.69) is 44.5 Å². The number of hydrogen-bond acceptors (Lipinski definition) is 4. The van der Waals surface area contributed by atoms with Gasteiger partial charge in [-0.3, -0.25) is 0 Å². The summed E-state index contributed by atoms with van der Waals surface area (Å²) in [5.41, 5.74) is 6.23. The normalized spacial score (nSPS) is 19.5. The highest BCUT2D eigenvalue weighted by molar-refractivity contribution is 5.48. The van der Waals surface area contributed by atoms with Gasteiger partial charge in [-0.1, -0.05) is 34.6 Å². The molecule has 2 heterocycles. The van der Waals surface area contributed by atoms with Gasteiger partial charge in [0.15, 0.2) is 0 Å². The van der Waals surface area contributed by atoms with Gasteiger partial charge >= 0.3 is 0 Å². The fraction of sp³-hybridized carbons (Fsp3) is 0.733. The summed E-state index contributed by atoms with van der Waals surface area (Å²) in [4.78, 5) is 11.4. The van der Waals surface area contributed by atoms with Crippen molar-refractivity contribution >= 4 is 11.6 Å². The molecule has 0 aliphatic carbocycles. The second-order valence-corrected chi connectivity index (χ2v) is 7.41. The summed E-state index contributed by atoms with van der Waals surface area (Å²) >= 11 is 0. The van der Waals surface area contributed by atoms with Gasteiger partial charge < -0.3 is 10.6 Å². The van der Waals surface area contributed by atoms with E-state index in [9.17, 15) is 0 Å². The molecule has 0 unspecified atom stereocenters. The summed E-state index contributed by atoms with van der Waals surface area (Å²) < 4.78 is 0. The molecule has 0 spiro atoms. The van der Waals surface area contributed by atoms with Crippen molar-refractivity contribution in [3.63, 3.8) is 0 Å². The van der Waals surface area contributed by atoms with Gasteiger partial charge in [0, 0.05) is 24.6 Å². The number of aromatic nitrogens is 2. The number of rotatable bonds is 1. The van der Waals surface area contributed by atoms with Crippen molar-refractivity contribution in [2.75, 3.05) is 23.7 Å². The maximum atomic E-state index is 5.95. The van der Waals surface area contributed by atoms with E-state index >= 15 is 0 Å². The zero-order chi connectivity index (χ0) is 14.3. The van der Waals surface area contributed by atoms with Crippen LogP contribution in [-0.4, -0.2) is 23.1 Å². The highest BCUT2D eigenvalue weighted by Crippen LogP contribution is 2.32. The molecule has 1 aliphatic heterocycles. The van der Waals surface area contributed by atoms with Crippen LogP contribution in [0.25, 0.3) is 0 Å². The van der Waals surface area contributed by atoms with Crippen LogP contribution >= 0.6 is 0 Å². The Kier molecular flexibility index (Phi) is 3.45. The summed E-state index contributed by atoms with van der Waals surface area (Å²) in [6.07, 6.45) is 2.48. The highest BCUT2D eigenvalue weighted by Gasteiger charge is 2.28. The number of nitrogen functional groups attached to an aromatic ring is 1. The summed E-state index contributed by atoms with van der Waals surface area (Å²) in [6, 6.07) is 1.90. The first-order valence-electron chi connectivity index (χ1n) is 7.07. The highest BCUT2D eigenvalue weighted by atomic mass is 15.2. The average Bonchev–Trinajstić information content (AvgIpc) is 2.25. The van der Waals surface area contributed by atoms with Crippen molar-refractivity contribution in [3.8, 4) is 0 Å². The van der Waals surface area contributed by atoms with E-state index in [0.717, 1.165) is 24.7 Å². The molecule has 1 saturated heterocycles. The first-order chi connectivity index (χ1) is 8.67. The topological polar surface area (TPSA) is 55.0 Å². The minimum absolute atomic E-state index is 0.0740. The van der Waals surface area contributed by atoms with Gasteiger partial charge in [0.25, 0.3) is 0 Å². The van der Waals surface area contributed by atoms with Crippen LogP contribution in [0.5, 0.6) is 0 Å². The van der Waals surface area contributed by atoms with E-state index in [4.69, 9.17) is 10.7 Å². The molecular formula is C15H26N4. The zero-order valence-electron chi connectivity index (χ0n) is 12.8. The van der Waals surface area contributed by atoms with Gasteiger partial charge in [-0.15, -0.1) is 0 Å². The number of piperidine rings is 1. The second kappa shape index (κ2) is 4.66. The quantitative estimate of drug-likeness (QED) is 0.845. The maximum absolute atomic E-state index is 5.95. The lowest BCUT2D eigenvalue weighted by atomic mass is 9.84. The Balaban J connectivity index is 2.32. The molecule has 2 rings (SSSR count). The third kappa shape index (κ3) is 3.37. The van der Waals surface area contributed by atoms with E-state index in [-0.39, 0.29) is 5.41 Å². The monoisotopic (exact) mass is 262 g/mol. The SMILES string of the molecule is CC1(C)CCCN(c2cc(N)nc(C(C)(C)C)n2)C1. The molecule has 0 amide bonds. The Hall–Kier alpha value is -1.32. The molecule has 0 bridgehead atoms. The van der Waals surface area contributed by atoms with Crippen molar-refractivity contribution in [1.29, 1.82) is 0 Å². The molecule has 1 fully saturated rings. The first kappa shape index (κ1) is 14.1. The summed E-state index contributed by atoms with van der Waals surface area (Å²) in [7, 11) is 0. The number of hydrogen-bond donors (Lipinski definition) is 1. The molecule has 1 aromatic rings. The molecule has 0 radical (unpaired) electrons. The van der Waals surface area contributed by atoms with Gasteiger partial charge in [0.1, 0.15) is 17.5 Å². The molecule has 1 aromatic heterocycles. The molecule has 0 saturated carbocycles. The Morgan fingerprint density at radius 1 is 1.26 bits per heavy atom. The number of nitrogens with zero attached hydrogens (tertiary/aromatic N) is 3. The smallest absolute Gasteiger partial charge is 0.138 e. The molecule has 0 aromatic carbocycles. The fourth-order valence-corrected chi connectivity index (χ4v) is 2.57. The largest absolute Gasteiger partial charge is 0.384 e. The Morgan fingerprint density at radius 3 is 2.53 bits per heavy atom. The number of nitrogens with two attached hydrogens (primary N) is 1. The van der Waals surface area contributed by atoms with Crippen LogP contribution in [0.1, 0.15) is 53.3 Å². The molecule has 4 heteroatoms. The van der Waals surface area contributed by atoms with Gasteiger partial charge in [0.05, 0.1) is 0 Å². The summed E-state index contributed by atoms with van der Waals surface area (Å²) in [6.45, 7) is 13.1. The van der Waals surface area contributed by atoms with E-state index in [1.165, 1.54) is 12.8 Å². The third-order valence-electron chi connectivity index (χ3n) is 3.63. The molecule has 106 valence electrons. The predicted molar refractivity (Wildman–Crippen MR) is 80.4 cm³/mol. The first-order valence-corrected chi connectivity index (χ1v) is 7.07. The van der Waals surface area contributed by atoms with E-state index in [1.54, 1.807) is 0 Å². The van der Waals surface area contributed by atoms with Crippen molar-refractivity contribution in [1.82, 2.24) is 9.97 Å². The van der Waals surface area contributed by atoms with Crippen LogP contribution in [-0.2, 0) is 5.41 Å². The van der Waals surface area contributed by atoms with Crippen LogP contribution in [0.15, 0.2) is 6.07 Å². The lowest BCUT2D eigenvalue weighted by molar-refractivity contribution is 0.292. The van der Waals surface area contributed by atoms with Crippen LogP contribution in [0.2, 0.25) is 0 Å². The van der Waals surface area contributed by atoms with Crippen molar-refractivity contribution < 1.29 is 0 Å². The predicted octanol–water partition coefficient (Wildman–Crippen LogP) is 2.98. The Labute approximate surface area is 116 Å². The van der Waals surface area contributed by atoms with Crippen molar-refractivity contribution in [2.24, 2.45) is 5.41 Å². The van der Waals surface area contributed by atoms with Crippen LogP contribution in [0.4, 0.5) is 11.6 Å². The lowest BCUT2D eigenvalue weighted by Crippen LogP contribution is -2.40. The van der Waals surface area contributed by atoms with Gasteiger partial charge in [0.2, 0.25) is 0 Å². The minimum atomic E-state index is -0.0740.